The van der Waals surface area contributed by atoms with E-state index in [1.807, 2.05) is 31.3 Å². The molecule has 5 nitrogen and oxygen atoms in total. The number of para-hydroxylation sites is 1. The van der Waals surface area contributed by atoms with Gasteiger partial charge in [0.25, 0.3) is 5.91 Å². The van der Waals surface area contributed by atoms with Crippen LogP contribution in [0.4, 0.5) is 0 Å². The van der Waals surface area contributed by atoms with E-state index in [0.717, 1.165) is 23.7 Å². The van der Waals surface area contributed by atoms with Crippen molar-refractivity contribution in [2.45, 2.75) is 18.4 Å². The van der Waals surface area contributed by atoms with Gasteiger partial charge in [-0.2, -0.15) is 5.10 Å². The highest BCUT2D eigenvalue weighted by molar-refractivity contribution is 6.04. The van der Waals surface area contributed by atoms with E-state index < -0.39 is 5.60 Å². The summed E-state index contributed by atoms with van der Waals surface area (Å²) in [5.41, 5.74) is 0.658. The average Bonchev–Trinajstić information content (AvgIpc) is 3.02. The molecule has 1 aliphatic carbocycles. The number of aliphatic hydroxyl groups is 1. The van der Waals surface area contributed by atoms with E-state index >= 15 is 0 Å². The predicted octanol–water partition coefficient (Wildman–Crippen LogP) is 0.828. The van der Waals surface area contributed by atoms with Gasteiger partial charge in [0.15, 0.2) is 5.69 Å². The molecule has 0 saturated heterocycles. The van der Waals surface area contributed by atoms with Gasteiger partial charge in [0.1, 0.15) is 0 Å². The molecule has 18 heavy (non-hydrogen) atoms. The molecule has 94 valence electrons. The summed E-state index contributed by atoms with van der Waals surface area (Å²) in [5, 5.41) is 17.5. The number of hydrogen-bond acceptors (Lipinski definition) is 3. The van der Waals surface area contributed by atoms with Crippen LogP contribution in [-0.4, -0.2) is 32.9 Å². The first kappa shape index (κ1) is 11.2. The van der Waals surface area contributed by atoms with Crippen molar-refractivity contribution in [1.82, 2.24) is 15.1 Å². The van der Waals surface area contributed by atoms with E-state index in [2.05, 4.69) is 10.4 Å². The molecule has 0 bridgehead atoms. The topological polar surface area (TPSA) is 67.2 Å². The minimum absolute atomic E-state index is 0.230. The fraction of sp³-hybridized carbons (Fsp3) is 0.385. The molecule has 2 aromatic rings. The summed E-state index contributed by atoms with van der Waals surface area (Å²) in [4.78, 5) is 12.0. The van der Waals surface area contributed by atoms with E-state index in [9.17, 15) is 9.90 Å². The summed E-state index contributed by atoms with van der Waals surface area (Å²) in [6, 6.07) is 7.60. The maximum absolute atomic E-state index is 12.0. The number of amides is 1. The Hall–Kier alpha value is -1.88. The molecule has 1 aliphatic rings. The maximum atomic E-state index is 12.0. The number of benzene rings is 1. The summed E-state index contributed by atoms with van der Waals surface area (Å²) in [5.74, 6) is -0.230. The number of nitrogens with one attached hydrogen (secondary N) is 1. The van der Waals surface area contributed by atoms with Gasteiger partial charge in [-0.3, -0.25) is 9.48 Å². The molecule has 1 aromatic carbocycles. The molecule has 5 heteroatoms. The molecule has 3 rings (SSSR count). The number of aromatic nitrogens is 2. The first-order chi connectivity index (χ1) is 8.59. The molecule has 2 N–H and O–H groups in total. The fourth-order valence-electron chi connectivity index (χ4n) is 2.03. The summed E-state index contributed by atoms with van der Waals surface area (Å²) >= 11 is 0. The number of nitrogens with zero attached hydrogens (tertiary/aromatic N) is 2. The Morgan fingerprint density at radius 1 is 1.50 bits per heavy atom. The van der Waals surface area contributed by atoms with Crippen LogP contribution in [0.2, 0.25) is 0 Å². The first-order valence-electron chi connectivity index (χ1n) is 6.01. The highest BCUT2D eigenvalue weighted by Gasteiger charge is 2.40. The molecule has 0 radical (unpaired) electrons. The van der Waals surface area contributed by atoms with E-state index in [0.29, 0.717) is 12.2 Å². The lowest BCUT2D eigenvalue weighted by Gasteiger charge is -2.07. The van der Waals surface area contributed by atoms with E-state index in [4.69, 9.17) is 0 Å². The van der Waals surface area contributed by atoms with Gasteiger partial charge >= 0.3 is 0 Å². The Bertz CT molecular complexity index is 614. The molecular weight excluding hydrogens is 230 g/mol. The van der Waals surface area contributed by atoms with Gasteiger partial charge in [-0.1, -0.05) is 18.2 Å². The third-order valence-corrected chi connectivity index (χ3v) is 3.38. The number of hydrogen-bond donors (Lipinski definition) is 2. The van der Waals surface area contributed by atoms with Crippen LogP contribution in [0, 0.1) is 0 Å². The molecule has 1 aromatic heterocycles. The Labute approximate surface area is 104 Å². The van der Waals surface area contributed by atoms with Crippen LogP contribution in [0.1, 0.15) is 23.3 Å². The zero-order valence-corrected chi connectivity index (χ0v) is 10.2. The highest BCUT2D eigenvalue weighted by atomic mass is 16.3. The van der Waals surface area contributed by atoms with Crippen molar-refractivity contribution < 1.29 is 9.90 Å². The molecule has 1 saturated carbocycles. The van der Waals surface area contributed by atoms with Crippen LogP contribution in [0.3, 0.4) is 0 Å². The zero-order valence-electron chi connectivity index (χ0n) is 10.2. The molecule has 0 unspecified atom stereocenters. The summed E-state index contributed by atoms with van der Waals surface area (Å²) < 4.78 is 1.69. The standard InChI is InChI=1S/C13H15N3O2/c1-16-10-5-3-2-4-9(10)11(15-16)12(17)14-8-13(18)6-7-13/h2-5,18H,6-8H2,1H3,(H,14,17). The zero-order chi connectivity index (χ0) is 12.8. The molecule has 0 spiro atoms. The molecule has 0 aliphatic heterocycles. The summed E-state index contributed by atoms with van der Waals surface area (Å²) in [6.07, 6.45) is 1.52. The lowest BCUT2D eigenvalue weighted by molar-refractivity contribution is 0.0892. The smallest absolute Gasteiger partial charge is 0.272 e. The first-order valence-corrected chi connectivity index (χ1v) is 6.01. The van der Waals surface area contributed by atoms with Crippen LogP contribution in [0.25, 0.3) is 10.9 Å². The summed E-state index contributed by atoms with van der Waals surface area (Å²) in [7, 11) is 1.81. The van der Waals surface area contributed by atoms with E-state index in [1.54, 1.807) is 4.68 Å². The second-order valence-corrected chi connectivity index (χ2v) is 4.90. The molecule has 1 amide bonds. The SMILES string of the molecule is Cn1nc(C(=O)NCC2(O)CC2)c2ccccc21. The van der Waals surface area contributed by atoms with Crippen molar-refractivity contribution in [3.05, 3.63) is 30.0 Å². The van der Waals surface area contributed by atoms with Crippen LogP contribution < -0.4 is 5.32 Å². The van der Waals surface area contributed by atoms with Crippen LogP contribution in [0.15, 0.2) is 24.3 Å². The third-order valence-electron chi connectivity index (χ3n) is 3.38. The number of rotatable bonds is 3. The van der Waals surface area contributed by atoms with Gasteiger partial charge in [0, 0.05) is 19.0 Å². The largest absolute Gasteiger partial charge is 0.388 e. The van der Waals surface area contributed by atoms with Gasteiger partial charge in [-0.05, 0) is 18.9 Å². The van der Waals surface area contributed by atoms with Gasteiger partial charge < -0.3 is 10.4 Å². The highest BCUT2D eigenvalue weighted by Crippen LogP contribution is 2.34. The van der Waals surface area contributed by atoms with E-state index in [1.165, 1.54) is 0 Å². The second-order valence-electron chi connectivity index (χ2n) is 4.90. The lowest BCUT2D eigenvalue weighted by atomic mass is 10.2. The van der Waals surface area contributed by atoms with Crippen molar-refractivity contribution >= 4 is 16.8 Å². The molecule has 1 heterocycles. The van der Waals surface area contributed by atoms with Crippen molar-refractivity contribution in [3.63, 3.8) is 0 Å². The minimum atomic E-state index is -0.680. The van der Waals surface area contributed by atoms with Gasteiger partial charge in [-0.15, -0.1) is 0 Å². The van der Waals surface area contributed by atoms with Crippen LogP contribution in [0.5, 0.6) is 0 Å². The number of carbonyl (C=O) groups excluding carboxylic acids is 1. The fourth-order valence-corrected chi connectivity index (χ4v) is 2.03. The Balaban J connectivity index is 1.87. The molecular formula is C13H15N3O2. The lowest BCUT2D eigenvalue weighted by Crippen LogP contribution is -2.33. The van der Waals surface area contributed by atoms with Crippen molar-refractivity contribution in [3.8, 4) is 0 Å². The quantitative estimate of drug-likeness (QED) is 0.841. The number of aryl methyl sites for hydroxylation is 1. The van der Waals surface area contributed by atoms with Crippen molar-refractivity contribution in [2.24, 2.45) is 7.05 Å². The third kappa shape index (κ3) is 1.86. The van der Waals surface area contributed by atoms with Gasteiger partial charge in [0.05, 0.1) is 11.1 Å². The monoisotopic (exact) mass is 245 g/mol. The van der Waals surface area contributed by atoms with Gasteiger partial charge in [-0.25, -0.2) is 0 Å². The predicted molar refractivity (Wildman–Crippen MR) is 67.2 cm³/mol. The molecule has 0 atom stereocenters. The Morgan fingerprint density at radius 3 is 2.94 bits per heavy atom. The number of fused-ring (bicyclic) bond motifs is 1. The van der Waals surface area contributed by atoms with Crippen molar-refractivity contribution in [2.75, 3.05) is 6.54 Å². The van der Waals surface area contributed by atoms with Gasteiger partial charge in [0.2, 0.25) is 0 Å². The normalized spacial score (nSPS) is 16.8. The van der Waals surface area contributed by atoms with Crippen molar-refractivity contribution in [1.29, 1.82) is 0 Å². The Kier molecular flexibility index (Phi) is 2.38. The minimum Gasteiger partial charge on any atom is -0.388 e. The Morgan fingerprint density at radius 2 is 2.22 bits per heavy atom. The number of carbonyl (C=O) groups is 1. The molecule has 1 fully saturated rings. The average molecular weight is 245 g/mol. The van der Waals surface area contributed by atoms with Crippen LogP contribution >= 0.6 is 0 Å². The second kappa shape index (κ2) is 3.81. The maximum Gasteiger partial charge on any atom is 0.272 e. The summed E-state index contributed by atoms with van der Waals surface area (Å²) in [6.45, 7) is 0.302. The van der Waals surface area contributed by atoms with E-state index in [-0.39, 0.29) is 5.91 Å². The van der Waals surface area contributed by atoms with Crippen LogP contribution in [-0.2, 0) is 7.05 Å².